The van der Waals surface area contributed by atoms with Crippen molar-refractivity contribution in [2.75, 3.05) is 25.6 Å². The van der Waals surface area contributed by atoms with Crippen LogP contribution in [0.2, 0.25) is 0 Å². The number of carbonyl (C=O) groups excluding carboxylic acids is 1. The van der Waals surface area contributed by atoms with Crippen molar-refractivity contribution >= 4 is 29.1 Å². The van der Waals surface area contributed by atoms with Crippen molar-refractivity contribution < 1.29 is 9.53 Å². The summed E-state index contributed by atoms with van der Waals surface area (Å²) in [5.74, 6) is -0.0630. The van der Waals surface area contributed by atoms with E-state index in [2.05, 4.69) is 31.0 Å². The van der Waals surface area contributed by atoms with Crippen LogP contribution >= 0.6 is 11.3 Å². The minimum atomic E-state index is -0.593. The highest BCUT2D eigenvalue weighted by Gasteiger charge is 2.33. The molecule has 0 unspecified atom stereocenters. The van der Waals surface area contributed by atoms with Crippen LogP contribution < -0.4 is 19.8 Å². The number of hydrogen-bond donors (Lipinski definition) is 0. The molecular weight excluding hydrogens is 458 g/mol. The molecule has 0 fully saturated rings. The van der Waals surface area contributed by atoms with Gasteiger partial charge < -0.3 is 9.64 Å². The molecule has 1 aliphatic heterocycles. The Labute approximate surface area is 209 Å². The fourth-order valence-corrected chi connectivity index (χ4v) is 5.24. The summed E-state index contributed by atoms with van der Waals surface area (Å²) in [5, 5.41) is 0. The maximum absolute atomic E-state index is 13.7. The molecule has 0 bridgehead atoms. The Morgan fingerprint density at radius 2 is 1.80 bits per heavy atom. The van der Waals surface area contributed by atoms with Crippen LogP contribution in [0.1, 0.15) is 56.3 Å². The second-order valence-electron chi connectivity index (χ2n) is 9.11. The molecule has 0 aliphatic carbocycles. The summed E-state index contributed by atoms with van der Waals surface area (Å²) >= 11 is 1.34. The number of anilines is 1. The van der Waals surface area contributed by atoms with Gasteiger partial charge in [0.05, 0.1) is 28.5 Å². The number of carbonyl (C=O) groups is 1. The minimum absolute atomic E-state index is 0.169. The third-order valence-electron chi connectivity index (χ3n) is 6.14. The van der Waals surface area contributed by atoms with Crippen molar-refractivity contribution in [3.63, 3.8) is 0 Å². The molecule has 0 radical (unpaired) electrons. The molecule has 2 aromatic carbocycles. The number of esters is 1. The Hall–Kier alpha value is -3.45. The van der Waals surface area contributed by atoms with Crippen molar-refractivity contribution in [1.82, 2.24) is 4.57 Å². The number of ether oxygens (including phenoxy) is 1. The molecule has 0 N–H and O–H groups in total. The monoisotopic (exact) mass is 489 g/mol. The fraction of sp³-hybridized carbons (Fsp3) is 0.321. The van der Waals surface area contributed by atoms with Gasteiger partial charge in [-0.05, 0) is 54.7 Å². The summed E-state index contributed by atoms with van der Waals surface area (Å²) in [6, 6.07) is 15.5. The van der Waals surface area contributed by atoms with Crippen molar-refractivity contribution in [2.45, 2.75) is 39.7 Å². The van der Waals surface area contributed by atoms with E-state index in [1.807, 2.05) is 61.5 Å². The van der Waals surface area contributed by atoms with E-state index >= 15 is 0 Å². The third kappa shape index (κ3) is 4.86. The Morgan fingerprint density at radius 1 is 1.14 bits per heavy atom. The zero-order valence-corrected chi connectivity index (χ0v) is 21.8. The Balaban J connectivity index is 1.88. The van der Waals surface area contributed by atoms with Gasteiger partial charge in [0, 0.05) is 19.8 Å². The predicted octanol–water partition coefficient (Wildman–Crippen LogP) is 3.99. The van der Waals surface area contributed by atoms with Crippen molar-refractivity contribution in [2.24, 2.45) is 4.99 Å². The molecule has 0 saturated heterocycles. The number of hydrogen-bond acceptors (Lipinski definition) is 6. The molecule has 182 valence electrons. The van der Waals surface area contributed by atoms with E-state index in [0.717, 1.165) is 16.8 Å². The third-order valence-corrected chi connectivity index (χ3v) is 7.13. The van der Waals surface area contributed by atoms with Crippen LogP contribution in [0.5, 0.6) is 0 Å². The van der Waals surface area contributed by atoms with Crippen molar-refractivity contribution in [3.8, 4) is 0 Å². The second-order valence-corrected chi connectivity index (χ2v) is 10.1. The standard InChI is InChI=1S/C28H31N3O3S/c1-7-34-27(33)24-18(4)29-28-31(25(24)21-12-10-20(11-13-21)17(2)3)26(32)23(35-28)16-19-8-14-22(15-9-19)30(5)6/h8-17,25H,7H2,1-6H3/b23-16-/t25-/m0/s1. The summed E-state index contributed by atoms with van der Waals surface area (Å²) < 4.78 is 7.58. The highest BCUT2D eigenvalue weighted by molar-refractivity contribution is 7.07. The van der Waals surface area contributed by atoms with E-state index in [0.29, 0.717) is 26.5 Å². The van der Waals surface area contributed by atoms with E-state index in [1.54, 1.807) is 18.4 Å². The van der Waals surface area contributed by atoms with Gasteiger partial charge >= 0.3 is 5.97 Å². The fourth-order valence-electron chi connectivity index (χ4n) is 4.19. The average Bonchev–Trinajstić information content (AvgIpc) is 3.13. The molecule has 1 aliphatic rings. The number of fused-ring (bicyclic) bond motifs is 1. The number of nitrogens with zero attached hydrogens (tertiary/aromatic N) is 3. The van der Waals surface area contributed by atoms with Crippen LogP contribution in [0.25, 0.3) is 6.08 Å². The number of thiazole rings is 1. The summed E-state index contributed by atoms with van der Waals surface area (Å²) in [4.78, 5) is 33.9. The summed E-state index contributed by atoms with van der Waals surface area (Å²) in [5.41, 5.74) is 4.87. The first-order chi connectivity index (χ1) is 16.7. The highest BCUT2D eigenvalue weighted by Crippen LogP contribution is 2.31. The number of allylic oxidation sites excluding steroid dienone is 1. The van der Waals surface area contributed by atoms with Crippen LogP contribution in [0.15, 0.2) is 69.6 Å². The van der Waals surface area contributed by atoms with Gasteiger partial charge in [-0.3, -0.25) is 9.36 Å². The van der Waals surface area contributed by atoms with Crippen LogP contribution in [-0.4, -0.2) is 31.2 Å². The van der Waals surface area contributed by atoms with Gasteiger partial charge in [-0.1, -0.05) is 61.6 Å². The van der Waals surface area contributed by atoms with Gasteiger partial charge in [-0.15, -0.1) is 0 Å². The topological polar surface area (TPSA) is 63.9 Å². The maximum atomic E-state index is 13.7. The van der Waals surface area contributed by atoms with Crippen molar-refractivity contribution in [3.05, 3.63) is 96.2 Å². The molecule has 0 amide bonds. The van der Waals surface area contributed by atoms with Crippen molar-refractivity contribution in [1.29, 1.82) is 0 Å². The zero-order valence-electron chi connectivity index (χ0n) is 21.0. The van der Waals surface area contributed by atoms with E-state index in [1.165, 1.54) is 16.9 Å². The second kappa shape index (κ2) is 10.0. The molecular formula is C28H31N3O3S. The van der Waals surface area contributed by atoms with E-state index in [-0.39, 0.29) is 12.2 Å². The number of aromatic nitrogens is 1. The van der Waals surface area contributed by atoms with E-state index in [9.17, 15) is 9.59 Å². The molecule has 0 saturated carbocycles. The summed E-state index contributed by atoms with van der Waals surface area (Å²) in [6.07, 6.45) is 1.88. The van der Waals surface area contributed by atoms with Crippen LogP contribution in [0.4, 0.5) is 5.69 Å². The molecule has 4 rings (SSSR count). The highest BCUT2D eigenvalue weighted by atomic mass is 32.1. The molecule has 3 aromatic rings. The molecule has 7 heteroatoms. The molecule has 1 aromatic heterocycles. The van der Waals surface area contributed by atoms with E-state index in [4.69, 9.17) is 4.74 Å². The molecule has 6 nitrogen and oxygen atoms in total. The van der Waals surface area contributed by atoms with Crippen LogP contribution in [0, 0.1) is 0 Å². The predicted molar refractivity (Wildman–Crippen MR) is 142 cm³/mol. The van der Waals surface area contributed by atoms with Gasteiger partial charge in [-0.25, -0.2) is 9.79 Å². The number of benzene rings is 2. The average molecular weight is 490 g/mol. The lowest BCUT2D eigenvalue weighted by Crippen LogP contribution is -2.39. The van der Waals surface area contributed by atoms with Gasteiger partial charge in [0.25, 0.3) is 5.56 Å². The minimum Gasteiger partial charge on any atom is -0.463 e. The Bertz CT molecular complexity index is 1440. The lowest BCUT2D eigenvalue weighted by molar-refractivity contribution is -0.139. The quantitative estimate of drug-likeness (QED) is 0.491. The first kappa shape index (κ1) is 24.7. The van der Waals surface area contributed by atoms with Gasteiger partial charge in [0.2, 0.25) is 0 Å². The molecule has 35 heavy (non-hydrogen) atoms. The van der Waals surface area contributed by atoms with Gasteiger partial charge in [-0.2, -0.15) is 0 Å². The summed E-state index contributed by atoms with van der Waals surface area (Å²) in [7, 11) is 3.98. The zero-order chi connectivity index (χ0) is 25.3. The summed E-state index contributed by atoms with van der Waals surface area (Å²) in [6.45, 7) is 8.10. The molecule has 2 heterocycles. The molecule has 0 spiro atoms. The maximum Gasteiger partial charge on any atom is 0.338 e. The van der Waals surface area contributed by atoms with E-state index < -0.39 is 12.0 Å². The SMILES string of the molecule is CCOC(=O)C1=C(C)N=c2s/c(=C\c3ccc(N(C)C)cc3)c(=O)n2[C@H]1c1ccc(C(C)C)cc1. The van der Waals surface area contributed by atoms with Gasteiger partial charge in [0.15, 0.2) is 4.80 Å². The lowest BCUT2D eigenvalue weighted by Gasteiger charge is -2.25. The lowest BCUT2D eigenvalue weighted by atomic mass is 9.93. The molecule has 1 atom stereocenters. The first-order valence-corrected chi connectivity index (χ1v) is 12.6. The normalized spacial score (nSPS) is 15.7. The van der Waals surface area contributed by atoms with Crippen LogP contribution in [0.3, 0.4) is 0 Å². The smallest absolute Gasteiger partial charge is 0.338 e. The van der Waals surface area contributed by atoms with Gasteiger partial charge in [0.1, 0.15) is 0 Å². The van der Waals surface area contributed by atoms with Crippen LogP contribution in [-0.2, 0) is 9.53 Å². The first-order valence-electron chi connectivity index (χ1n) is 11.8. The largest absolute Gasteiger partial charge is 0.463 e. The Morgan fingerprint density at radius 3 is 2.37 bits per heavy atom. The Kier molecular flexibility index (Phi) is 7.08. The number of rotatable bonds is 6.